The molecule has 0 unspecified atom stereocenters. The van der Waals surface area contributed by atoms with E-state index in [0.717, 1.165) is 22.1 Å². The first-order chi connectivity index (χ1) is 13.1. The number of benzene rings is 1. The molecule has 0 spiro atoms. The Labute approximate surface area is 164 Å². The van der Waals surface area contributed by atoms with Crippen LogP contribution in [0.1, 0.15) is 18.1 Å². The summed E-state index contributed by atoms with van der Waals surface area (Å²) in [4.78, 5) is 4.03. The van der Waals surface area contributed by atoms with Gasteiger partial charge in [0.15, 0.2) is 11.0 Å². The fraction of sp³-hybridized carbons (Fsp3) is 0.167. The maximum atomic E-state index is 6.03. The molecule has 4 aromatic rings. The Bertz CT molecular complexity index is 1060. The Balaban J connectivity index is 1.53. The highest BCUT2D eigenvalue weighted by atomic mass is 35.5. The van der Waals surface area contributed by atoms with Gasteiger partial charge in [-0.15, -0.1) is 20.4 Å². The van der Waals surface area contributed by atoms with E-state index in [1.807, 2.05) is 42.8 Å². The van der Waals surface area contributed by atoms with Crippen molar-refractivity contribution in [2.24, 2.45) is 7.05 Å². The molecule has 0 bridgehead atoms. The third-order valence-corrected chi connectivity index (χ3v) is 5.27. The second-order valence-electron chi connectivity index (χ2n) is 5.82. The van der Waals surface area contributed by atoms with Crippen LogP contribution >= 0.6 is 23.4 Å². The maximum absolute atomic E-state index is 6.03. The summed E-state index contributed by atoms with van der Waals surface area (Å²) in [6.45, 7) is 1.99. The lowest BCUT2D eigenvalue weighted by Crippen LogP contribution is -1.97. The summed E-state index contributed by atoms with van der Waals surface area (Å²) >= 11 is 7.53. The Morgan fingerprint density at radius 3 is 2.63 bits per heavy atom. The summed E-state index contributed by atoms with van der Waals surface area (Å²) in [7, 11) is 1.93. The lowest BCUT2D eigenvalue weighted by atomic mass is 10.2. The molecule has 3 aromatic heterocycles. The van der Waals surface area contributed by atoms with Crippen molar-refractivity contribution in [3.8, 4) is 22.8 Å². The van der Waals surface area contributed by atoms with Gasteiger partial charge in [-0.1, -0.05) is 29.4 Å². The number of pyridine rings is 1. The van der Waals surface area contributed by atoms with Crippen molar-refractivity contribution < 1.29 is 4.42 Å². The average molecular weight is 399 g/mol. The zero-order valence-electron chi connectivity index (χ0n) is 14.6. The van der Waals surface area contributed by atoms with Gasteiger partial charge in [-0.2, -0.15) is 0 Å². The van der Waals surface area contributed by atoms with E-state index in [2.05, 4.69) is 25.4 Å². The largest absolute Gasteiger partial charge is 0.419 e. The molecule has 0 amide bonds. The summed E-state index contributed by atoms with van der Waals surface area (Å²) in [6.07, 6.45) is 3.46. The van der Waals surface area contributed by atoms with Crippen LogP contribution in [0, 0.1) is 0 Å². The van der Waals surface area contributed by atoms with E-state index in [1.54, 1.807) is 24.5 Å². The topological polar surface area (TPSA) is 82.5 Å². The van der Waals surface area contributed by atoms with Crippen molar-refractivity contribution in [1.29, 1.82) is 0 Å². The van der Waals surface area contributed by atoms with Gasteiger partial charge in [0.05, 0.1) is 5.25 Å². The van der Waals surface area contributed by atoms with Crippen molar-refractivity contribution in [3.63, 3.8) is 0 Å². The van der Waals surface area contributed by atoms with E-state index in [0.29, 0.717) is 16.8 Å². The van der Waals surface area contributed by atoms with Crippen LogP contribution < -0.4 is 0 Å². The van der Waals surface area contributed by atoms with Crippen LogP contribution in [0.4, 0.5) is 0 Å². The molecule has 1 aromatic carbocycles. The minimum atomic E-state index is -0.0846. The van der Waals surface area contributed by atoms with E-state index >= 15 is 0 Å². The zero-order valence-corrected chi connectivity index (χ0v) is 16.1. The highest BCUT2D eigenvalue weighted by molar-refractivity contribution is 7.99. The molecule has 136 valence electrons. The van der Waals surface area contributed by atoms with Gasteiger partial charge >= 0.3 is 0 Å². The van der Waals surface area contributed by atoms with Crippen LogP contribution in [0.15, 0.2) is 58.4 Å². The number of halogens is 1. The van der Waals surface area contributed by atoms with Gasteiger partial charge in [-0.05, 0) is 37.3 Å². The highest BCUT2D eigenvalue weighted by Gasteiger charge is 2.20. The van der Waals surface area contributed by atoms with Gasteiger partial charge in [-0.3, -0.25) is 4.98 Å². The lowest BCUT2D eigenvalue weighted by molar-refractivity contribution is 0.508. The van der Waals surface area contributed by atoms with Gasteiger partial charge in [-0.25, -0.2) is 0 Å². The molecule has 7 nitrogen and oxygen atoms in total. The smallest absolute Gasteiger partial charge is 0.247 e. The normalized spacial score (nSPS) is 12.3. The van der Waals surface area contributed by atoms with E-state index in [4.69, 9.17) is 16.0 Å². The summed E-state index contributed by atoms with van der Waals surface area (Å²) in [5, 5.41) is 18.2. The lowest BCUT2D eigenvalue weighted by Gasteiger charge is -2.07. The van der Waals surface area contributed by atoms with Gasteiger partial charge < -0.3 is 8.98 Å². The van der Waals surface area contributed by atoms with Crippen molar-refractivity contribution >= 4 is 23.4 Å². The van der Waals surface area contributed by atoms with Gasteiger partial charge in [0.25, 0.3) is 0 Å². The Hall–Kier alpha value is -2.71. The first-order valence-electron chi connectivity index (χ1n) is 8.17. The van der Waals surface area contributed by atoms with Crippen molar-refractivity contribution in [2.45, 2.75) is 17.3 Å². The highest BCUT2D eigenvalue weighted by Crippen LogP contribution is 2.35. The van der Waals surface area contributed by atoms with E-state index < -0.39 is 0 Å². The first kappa shape index (κ1) is 17.7. The third-order valence-electron chi connectivity index (χ3n) is 3.92. The van der Waals surface area contributed by atoms with E-state index in [9.17, 15) is 0 Å². The molecule has 0 aliphatic carbocycles. The number of nitrogens with zero attached hydrogens (tertiary/aromatic N) is 6. The summed E-state index contributed by atoms with van der Waals surface area (Å²) in [5.74, 6) is 1.73. The average Bonchev–Trinajstić information content (AvgIpc) is 3.31. The molecule has 0 saturated carbocycles. The molecule has 1 atom stereocenters. The quantitative estimate of drug-likeness (QED) is 0.459. The van der Waals surface area contributed by atoms with Crippen molar-refractivity contribution in [2.75, 3.05) is 0 Å². The fourth-order valence-corrected chi connectivity index (χ4v) is 3.55. The number of thioether (sulfide) groups is 1. The Morgan fingerprint density at radius 2 is 1.85 bits per heavy atom. The van der Waals surface area contributed by atoms with Crippen LogP contribution in [0.3, 0.4) is 0 Å². The van der Waals surface area contributed by atoms with Crippen LogP contribution in [0.25, 0.3) is 22.8 Å². The molecular formula is C18H15ClN6OS. The molecule has 0 fully saturated rings. The van der Waals surface area contributed by atoms with Crippen LogP contribution in [-0.2, 0) is 7.05 Å². The summed E-state index contributed by atoms with van der Waals surface area (Å²) in [5.41, 5.74) is 1.75. The van der Waals surface area contributed by atoms with Gasteiger partial charge in [0.2, 0.25) is 11.8 Å². The number of rotatable bonds is 5. The summed E-state index contributed by atoms with van der Waals surface area (Å²) < 4.78 is 7.76. The van der Waals surface area contributed by atoms with Gasteiger partial charge in [0.1, 0.15) is 0 Å². The number of aromatic nitrogens is 6. The molecule has 0 N–H and O–H groups in total. The Morgan fingerprint density at radius 1 is 1.04 bits per heavy atom. The second kappa shape index (κ2) is 7.50. The molecule has 0 radical (unpaired) electrons. The van der Waals surface area contributed by atoms with Crippen LogP contribution in [-0.4, -0.2) is 29.9 Å². The van der Waals surface area contributed by atoms with Crippen LogP contribution in [0.2, 0.25) is 5.02 Å². The van der Waals surface area contributed by atoms with E-state index in [-0.39, 0.29) is 5.25 Å². The standard InChI is InChI=1S/C18H15ClN6OS/c1-11(16-22-23-17(26-16)13-4-3-5-14(19)10-13)27-18-24-21-15(25(18)2)12-6-8-20-9-7-12/h3-11H,1-2H3/t11-/m1/s1. The minimum absolute atomic E-state index is 0.0846. The van der Waals surface area contributed by atoms with Crippen LogP contribution in [0.5, 0.6) is 0 Å². The van der Waals surface area contributed by atoms with Gasteiger partial charge in [0, 0.05) is 35.6 Å². The predicted molar refractivity (Wildman–Crippen MR) is 103 cm³/mol. The molecule has 0 aliphatic rings. The number of hydrogen-bond acceptors (Lipinski definition) is 7. The second-order valence-corrected chi connectivity index (χ2v) is 7.56. The molecule has 3 heterocycles. The monoisotopic (exact) mass is 398 g/mol. The zero-order chi connectivity index (χ0) is 18.8. The maximum Gasteiger partial charge on any atom is 0.247 e. The molecular weight excluding hydrogens is 384 g/mol. The minimum Gasteiger partial charge on any atom is -0.419 e. The molecule has 0 saturated heterocycles. The van der Waals surface area contributed by atoms with Crippen molar-refractivity contribution in [3.05, 3.63) is 59.7 Å². The molecule has 27 heavy (non-hydrogen) atoms. The predicted octanol–water partition coefficient (Wildman–Crippen LogP) is 4.43. The molecule has 9 heteroatoms. The first-order valence-corrected chi connectivity index (χ1v) is 9.43. The SMILES string of the molecule is C[C@@H](Sc1nnc(-c2ccncc2)n1C)c1nnc(-c2cccc(Cl)c2)o1. The van der Waals surface area contributed by atoms with Crippen molar-refractivity contribution in [1.82, 2.24) is 29.9 Å². The summed E-state index contributed by atoms with van der Waals surface area (Å²) in [6, 6.07) is 11.1. The number of hydrogen-bond donors (Lipinski definition) is 0. The Kier molecular flexibility index (Phi) is 4.91. The molecule has 4 rings (SSSR count). The fourth-order valence-electron chi connectivity index (χ4n) is 2.52. The molecule has 0 aliphatic heterocycles. The third kappa shape index (κ3) is 3.72. The van der Waals surface area contributed by atoms with E-state index in [1.165, 1.54) is 11.8 Å².